The molecule has 4 rings (SSSR count). The highest BCUT2D eigenvalue weighted by Crippen LogP contribution is 2.26. The van der Waals surface area contributed by atoms with Crippen molar-refractivity contribution in [2.75, 3.05) is 26.3 Å². The maximum atomic E-state index is 13.7. The van der Waals surface area contributed by atoms with Crippen molar-refractivity contribution < 1.29 is 19.0 Å². The molecule has 0 bridgehead atoms. The van der Waals surface area contributed by atoms with Gasteiger partial charge in [-0.05, 0) is 55.2 Å². The van der Waals surface area contributed by atoms with Gasteiger partial charge in [-0.2, -0.15) is 5.10 Å². The van der Waals surface area contributed by atoms with E-state index in [0.29, 0.717) is 19.4 Å². The molecule has 2 heterocycles. The number of hydrogen-bond acceptors (Lipinski definition) is 5. The van der Waals surface area contributed by atoms with Crippen LogP contribution in [0.1, 0.15) is 30.4 Å². The van der Waals surface area contributed by atoms with Gasteiger partial charge in [0, 0.05) is 38.8 Å². The van der Waals surface area contributed by atoms with Gasteiger partial charge in [0.05, 0.1) is 12.8 Å². The van der Waals surface area contributed by atoms with Crippen LogP contribution in [-0.4, -0.2) is 51.7 Å². The maximum Gasteiger partial charge on any atom is 0.165 e. The number of nitrogens with zero attached hydrogens (tertiary/aromatic N) is 3. The van der Waals surface area contributed by atoms with E-state index in [1.54, 1.807) is 18.2 Å². The van der Waals surface area contributed by atoms with E-state index < -0.39 is 11.4 Å². The highest BCUT2D eigenvalue weighted by molar-refractivity contribution is 5.27. The number of halogens is 1. The first-order valence-electron chi connectivity index (χ1n) is 11.5. The van der Waals surface area contributed by atoms with Crippen LogP contribution in [0.5, 0.6) is 11.5 Å². The smallest absolute Gasteiger partial charge is 0.165 e. The quantitative estimate of drug-likeness (QED) is 0.466. The Bertz CT molecular complexity index is 1010. The molecule has 1 aromatic heterocycles. The number of aryl methyl sites for hydroxylation is 2. The second-order valence-electron chi connectivity index (χ2n) is 8.85. The second kappa shape index (κ2) is 10.8. The molecular weight excluding hydrogens is 421 g/mol. The molecule has 7 heteroatoms. The lowest BCUT2D eigenvalue weighted by Gasteiger charge is -2.38. The highest BCUT2D eigenvalue weighted by Gasteiger charge is 2.33. The molecule has 1 aliphatic heterocycles. The molecule has 0 amide bonds. The fourth-order valence-electron chi connectivity index (χ4n) is 4.00. The van der Waals surface area contributed by atoms with Gasteiger partial charge in [-0.1, -0.05) is 24.3 Å². The summed E-state index contributed by atoms with van der Waals surface area (Å²) in [5.74, 6) is 0.653. The van der Waals surface area contributed by atoms with Gasteiger partial charge < -0.3 is 14.6 Å². The standard InChI is InChI=1S/C26H32FN3O3/c1-21-17-28-30(18-21)13-4-16-32-23-9-7-22(8-10-23)19-29-14-11-26(31,12-15-29)20-33-25-6-3-2-5-24(25)27/h2-3,5-10,17-18,31H,4,11-16,19-20H2,1H3. The summed E-state index contributed by atoms with van der Waals surface area (Å²) in [4.78, 5) is 2.32. The van der Waals surface area contributed by atoms with E-state index in [-0.39, 0.29) is 12.4 Å². The molecule has 0 atom stereocenters. The van der Waals surface area contributed by atoms with Crippen LogP contribution in [0.25, 0.3) is 0 Å². The summed E-state index contributed by atoms with van der Waals surface area (Å²) in [5.41, 5.74) is 1.45. The molecule has 6 nitrogen and oxygen atoms in total. The van der Waals surface area contributed by atoms with Gasteiger partial charge in [0.15, 0.2) is 11.6 Å². The zero-order valence-electron chi connectivity index (χ0n) is 19.1. The molecule has 1 N–H and O–H groups in total. The molecule has 0 aliphatic carbocycles. The Morgan fingerprint density at radius 1 is 1.06 bits per heavy atom. The van der Waals surface area contributed by atoms with Crippen molar-refractivity contribution in [3.63, 3.8) is 0 Å². The van der Waals surface area contributed by atoms with Crippen molar-refractivity contribution in [2.45, 2.75) is 44.9 Å². The monoisotopic (exact) mass is 453 g/mol. The topological polar surface area (TPSA) is 59.8 Å². The number of ether oxygens (including phenoxy) is 2. The molecule has 33 heavy (non-hydrogen) atoms. The molecule has 1 aliphatic rings. The molecule has 0 radical (unpaired) electrons. The van der Waals surface area contributed by atoms with Crippen molar-refractivity contribution in [3.8, 4) is 11.5 Å². The maximum absolute atomic E-state index is 13.7. The van der Waals surface area contributed by atoms with E-state index in [0.717, 1.165) is 38.3 Å². The largest absolute Gasteiger partial charge is 0.494 e. The van der Waals surface area contributed by atoms with Gasteiger partial charge in [0.1, 0.15) is 18.0 Å². The van der Waals surface area contributed by atoms with Gasteiger partial charge in [-0.15, -0.1) is 0 Å². The summed E-state index contributed by atoms with van der Waals surface area (Å²) >= 11 is 0. The fourth-order valence-corrected chi connectivity index (χ4v) is 4.00. The van der Waals surface area contributed by atoms with Gasteiger partial charge >= 0.3 is 0 Å². The summed E-state index contributed by atoms with van der Waals surface area (Å²) in [6.07, 6.45) is 5.99. The van der Waals surface area contributed by atoms with Crippen LogP contribution >= 0.6 is 0 Å². The van der Waals surface area contributed by atoms with Crippen molar-refractivity contribution in [1.29, 1.82) is 0 Å². The molecule has 1 saturated heterocycles. The van der Waals surface area contributed by atoms with Crippen LogP contribution in [0.15, 0.2) is 60.9 Å². The third-order valence-electron chi connectivity index (χ3n) is 6.01. The normalized spacial score (nSPS) is 16.0. The zero-order chi connectivity index (χ0) is 23.1. The van der Waals surface area contributed by atoms with E-state index in [9.17, 15) is 9.50 Å². The van der Waals surface area contributed by atoms with Crippen LogP contribution in [-0.2, 0) is 13.1 Å². The number of rotatable bonds is 10. The lowest BCUT2D eigenvalue weighted by Crippen LogP contribution is -2.47. The number of para-hydroxylation sites is 1. The van der Waals surface area contributed by atoms with Gasteiger partial charge in [0.25, 0.3) is 0 Å². The van der Waals surface area contributed by atoms with Crippen LogP contribution in [0.2, 0.25) is 0 Å². The first kappa shape index (κ1) is 23.3. The predicted octanol–water partition coefficient (Wildman–Crippen LogP) is 4.21. The highest BCUT2D eigenvalue weighted by atomic mass is 19.1. The van der Waals surface area contributed by atoms with E-state index in [2.05, 4.69) is 22.1 Å². The molecular formula is C26H32FN3O3. The SMILES string of the molecule is Cc1cnn(CCCOc2ccc(CN3CCC(O)(COc4ccccc4F)CC3)cc2)c1. The Labute approximate surface area is 194 Å². The number of aliphatic hydroxyl groups is 1. The Hall–Kier alpha value is -2.90. The molecule has 1 fully saturated rings. The molecule has 0 unspecified atom stereocenters. The van der Waals surface area contributed by atoms with E-state index in [4.69, 9.17) is 9.47 Å². The zero-order valence-corrected chi connectivity index (χ0v) is 19.1. The van der Waals surface area contributed by atoms with E-state index in [1.807, 2.05) is 36.1 Å². The molecule has 0 saturated carbocycles. The summed E-state index contributed by atoms with van der Waals surface area (Å²) in [6, 6.07) is 14.5. The minimum absolute atomic E-state index is 0.105. The van der Waals surface area contributed by atoms with Gasteiger partial charge in [-0.25, -0.2) is 4.39 Å². The summed E-state index contributed by atoms with van der Waals surface area (Å²) in [6.45, 7) is 5.99. The first-order chi connectivity index (χ1) is 16.0. The van der Waals surface area contributed by atoms with Crippen molar-refractivity contribution in [3.05, 3.63) is 77.9 Å². The third-order valence-corrected chi connectivity index (χ3v) is 6.01. The Morgan fingerprint density at radius 2 is 1.82 bits per heavy atom. The van der Waals surface area contributed by atoms with Crippen molar-refractivity contribution in [1.82, 2.24) is 14.7 Å². The Morgan fingerprint density at radius 3 is 2.52 bits per heavy atom. The van der Waals surface area contributed by atoms with Crippen LogP contribution in [0.4, 0.5) is 4.39 Å². The number of piperidine rings is 1. The lowest BCUT2D eigenvalue weighted by atomic mass is 9.92. The summed E-state index contributed by atoms with van der Waals surface area (Å²) in [5, 5.41) is 15.1. The van der Waals surface area contributed by atoms with E-state index >= 15 is 0 Å². The van der Waals surface area contributed by atoms with E-state index in [1.165, 1.54) is 17.2 Å². The van der Waals surface area contributed by atoms with Crippen LogP contribution < -0.4 is 9.47 Å². The van der Waals surface area contributed by atoms with Crippen LogP contribution in [0, 0.1) is 12.7 Å². The summed E-state index contributed by atoms with van der Waals surface area (Å²) < 4.78 is 27.1. The predicted molar refractivity (Wildman–Crippen MR) is 125 cm³/mol. The average molecular weight is 454 g/mol. The van der Waals surface area contributed by atoms with Gasteiger partial charge in [0.2, 0.25) is 0 Å². The lowest BCUT2D eigenvalue weighted by molar-refractivity contribution is -0.0543. The van der Waals surface area contributed by atoms with Crippen molar-refractivity contribution in [2.24, 2.45) is 0 Å². The minimum atomic E-state index is -0.925. The first-order valence-corrected chi connectivity index (χ1v) is 11.5. The number of benzene rings is 2. The van der Waals surface area contributed by atoms with Crippen molar-refractivity contribution >= 4 is 0 Å². The fraction of sp³-hybridized carbons (Fsp3) is 0.423. The molecule has 2 aromatic carbocycles. The average Bonchev–Trinajstić information content (AvgIpc) is 3.24. The van der Waals surface area contributed by atoms with Crippen LogP contribution in [0.3, 0.4) is 0 Å². The molecule has 176 valence electrons. The number of hydrogen-bond donors (Lipinski definition) is 1. The summed E-state index contributed by atoms with van der Waals surface area (Å²) in [7, 11) is 0. The second-order valence-corrected chi connectivity index (χ2v) is 8.85. The number of likely N-dealkylation sites (tertiary alicyclic amines) is 1. The molecule has 3 aromatic rings. The minimum Gasteiger partial charge on any atom is -0.494 e. The number of aromatic nitrogens is 2. The Balaban J connectivity index is 1.16. The Kier molecular flexibility index (Phi) is 7.62. The van der Waals surface area contributed by atoms with Gasteiger partial charge in [-0.3, -0.25) is 9.58 Å². The third kappa shape index (κ3) is 6.79. The molecule has 0 spiro atoms.